The van der Waals surface area contributed by atoms with E-state index in [0.717, 1.165) is 11.1 Å². The number of hydrogen-bond acceptors (Lipinski definition) is 4. The predicted octanol–water partition coefficient (Wildman–Crippen LogP) is 5.19. The number of fused-ring (bicyclic) bond motifs is 1. The van der Waals surface area contributed by atoms with Crippen molar-refractivity contribution in [2.24, 2.45) is 0 Å². The number of ether oxygens (including phenoxy) is 1. The SMILES string of the molecule is COc1cc2oc(/C=C/c3ccccc3)cc(=O)c2c(O)c1CC=C(C)C. The molecule has 1 N–H and O–H groups in total. The summed E-state index contributed by atoms with van der Waals surface area (Å²) in [4.78, 5) is 12.6. The summed E-state index contributed by atoms with van der Waals surface area (Å²) in [6.45, 7) is 3.95. The molecule has 0 aliphatic carbocycles. The molecule has 0 spiro atoms. The molecule has 0 bridgehead atoms. The zero-order chi connectivity index (χ0) is 19.4. The molecule has 0 saturated heterocycles. The van der Waals surface area contributed by atoms with E-state index in [1.165, 1.54) is 13.2 Å². The van der Waals surface area contributed by atoms with Crippen LogP contribution in [0.25, 0.3) is 23.1 Å². The zero-order valence-electron chi connectivity index (χ0n) is 15.7. The van der Waals surface area contributed by atoms with E-state index in [4.69, 9.17) is 9.15 Å². The van der Waals surface area contributed by atoms with Crippen LogP contribution in [-0.2, 0) is 6.42 Å². The van der Waals surface area contributed by atoms with Crippen molar-refractivity contribution in [2.75, 3.05) is 7.11 Å². The summed E-state index contributed by atoms with van der Waals surface area (Å²) in [5.41, 5.74) is 2.70. The second kappa shape index (κ2) is 7.96. The van der Waals surface area contributed by atoms with Crippen LogP contribution in [0.2, 0.25) is 0 Å². The smallest absolute Gasteiger partial charge is 0.197 e. The van der Waals surface area contributed by atoms with Gasteiger partial charge in [-0.05, 0) is 31.9 Å². The average molecular weight is 362 g/mol. The summed E-state index contributed by atoms with van der Waals surface area (Å²) in [5.74, 6) is 0.814. The fourth-order valence-corrected chi connectivity index (χ4v) is 2.85. The van der Waals surface area contributed by atoms with Crippen LogP contribution in [0.3, 0.4) is 0 Å². The molecular formula is C23H22O4. The molecule has 2 aromatic carbocycles. The Bertz CT molecular complexity index is 1070. The highest BCUT2D eigenvalue weighted by molar-refractivity contribution is 5.87. The Morgan fingerprint density at radius 2 is 1.89 bits per heavy atom. The molecule has 0 saturated carbocycles. The highest BCUT2D eigenvalue weighted by Gasteiger charge is 2.17. The van der Waals surface area contributed by atoms with Gasteiger partial charge in [-0.25, -0.2) is 0 Å². The topological polar surface area (TPSA) is 59.7 Å². The molecule has 0 unspecified atom stereocenters. The Kier molecular flexibility index (Phi) is 5.46. The van der Waals surface area contributed by atoms with E-state index in [1.807, 2.05) is 56.3 Å². The van der Waals surface area contributed by atoms with Gasteiger partial charge in [0.15, 0.2) is 5.43 Å². The van der Waals surface area contributed by atoms with Crippen LogP contribution in [0.15, 0.2) is 63.3 Å². The van der Waals surface area contributed by atoms with Crippen molar-refractivity contribution in [3.63, 3.8) is 0 Å². The molecule has 138 valence electrons. The van der Waals surface area contributed by atoms with Crippen LogP contribution in [0.1, 0.15) is 30.7 Å². The lowest BCUT2D eigenvalue weighted by atomic mass is 10.0. The van der Waals surface area contributed by atoms with Gasteiger partial charge in [-0.1, -0.05) is 48.1 Å². The van der Waals surface area contributed by atoms with Crippen LogP contribution >= 0.6 is 0 Å². The van der Waals surface area contributed by atoms with Gasteiger partial charge in [0.2, 0.25) is 0 Å². The minimum atomic E-state index is -0.289. The van der Waals surface area contributed by atoms with Gasteiger partial charge in [0.1, 0.15) is 28.2 Å². The van der Waals surface area contributed by atoms with Crippen LogP contribution in [0, 0.1) is 0 Å². The van der Waals surface area contributed by atoms with Gasteiger partial charge in [-0.2, -0.15) is 0 Å². The van der Waals surface area contributed by atoms with Crippen molar-refractivity contribution < 1.29 is 14.3 Å². The number of allylic oxidation sites excluding steroid dienone is 2. The molecule has 0 amide bonds. The fourth-order valence-electron chi connectivity index (χ4n) is 2.85. The average Bonchev–Trinajstić information content (AvgIpc) is 2.65. The number of hydrogen-bond donors (Lipinski definition) is 1. The molecule has 0 atom stereocenters. The Labute approximate surface area is 158 Å². The van der Waals surface area contributed by atoms with Crippen LogP contribution in [0.4, 0.5) is 0 Å². The van der Waals surface area contributed by atoms with Gasteiger partial charge in [0, 0.05) is 17.7 Å². The first kappa shape index (κ1) is 18.5. The Hall–Kier alpha value is -3.27. The van der Waals surface area contributed by atoms with Crippen molar-refractivity contribution in [3.05, 3.63) is 81.2 Å². The van der Waals surface area contributed by atoms with E-state index in [1.54, 1.807) is 12.1 Å². The lowest BCUT2D eigenvalue weighted by Gasteiger charge is -2.12. The summed E-state index contributed by atoms with van der Waals surface area (Å²) >= 11 is 0. The summed E-state index contributed by atoms with van der Waals surface area (Å²) in [5, 5.41) is 10.8. The minimum absolute atomic E-state index is 0.0887. The third-order valence-corrected chi connectivity index (χ3v) is 4.25. The molecule has 3 aromatic rings. The lowest BCUT2D eigenvalue weighted by Crippen LogP contribution is -2.03. The summed E-state index contributed by atoms with van der Waals surface area (Å²) in [6, 6.07) is 12.8. The summed E-state index contributed by atoms with van der Waals surface area (Å²) < 4.78 is 11.2. The van der Waals surface area contributed by atoms with Gasteiger partial charge in [-0.15, -0.1) is 0 Å². The third kappa shape index (κ3) is 4.11. The maximum Gasteiger partial charge on any atom is 0.197 e. The first-order chi connectivity index (χ1) is 13.0. The standard InChI is InChI=1S/C23H22O4/c1-15(2)9-12-18-20(26-3)14-21-22(23(18)25)19(24)13-17(27-21)11-10-16-7-5-4-6-8-16/h4-11,13-14,25H,12H2,1-3H3/b11-10+. The fraction of sp³-hybridized carbons (Fsp3) is 0.174. The van der Waals surface area contributed by atoms with E-state index in [2.05, 4.69) is 0 Å². The zero-order valence-corrected chi connectivity index (χ0v) is 15.7. The van der Waals surface area contributed by atoms with E-state index in [0.29, 0.717) is 29.1 Å². The highest BCUT2D eigenvalue weighted by atomic mass is 16.5. The van der Waals surface area contributed by atoms with Gasteiger partial charge >= 0.3 is 0 Å². The molecular weight excluding hydrogens is 340 g/mol. The monoisotopic (exact) mass is 362 g/mol. The second-order valence-electron chi connectivity index (χ2n) is 6.52. The Morgan fingerprint density at radius 3 is 2.56 bits per heavy atom. The molecule has 0 radical (unpaired) electrons. The largest absolute Gasteiger partial charge is 0.507 e. The van der Waals surface area contributed by atoms with Crippen molar-refractivity contribution in [2.45, 2.75) is 20.3 Å². The van der Waals surface area contributed by atoms with E-state index in [9.17, 15) is 9.90 Å². The molecule has 1 aromatic heterocycles. The van der Waals surface area contributed by atoms with E-state index in [-0.39, 0.29) is 16.6 Å². The number of benzene rings is 2. The van der Waals surface area contributed by atoms with Crippen molar-refractivity contribution in [3.8, 4) is 11.5 Å². The van der Waals surface area contributed by atoms with Gasteiger partial charge in [0.25, 0.3) is 0 Å². The molecule has 1 heterocycles. The van der Waals surface area contributed by atoms with E-state index < -0.39 is 0 Å². The van der Waals surface area contributed by atoms with Gasteiger partial charge in [0.05, 0.1) is 7.11 Å². The van der Waals surface area contributed by atoms with Crippen LogP contribution < -0.4 is 10.2 Å². The summed E-state index contributed by atoms with van der Waals surface area (Å²) in [6.07, 6.45) is 6.05. The van der Waals surface area contributed by atoms with Crippen LogP contribution in [0.5, 0.6) is 11.5 Å². The Balaban J connectivity index is 2.10. The van der Waals surface area contributed by atoms with Crippen LogP contribution in [-0.4, -0.2) is 12.2 Å². The molecule has 4 heteroatoms. The molecule has 0 fully saturated rings. The number of phenolic OH excluding ortho intramolecular Hbond substituents is 1. The second-order valence-corrected chi connectivity index (χ2v) is 6.52. The number of aromatic hydroxyl groups is 1. The number of methoxy groups -OCH3 is 1. The molecule has 0 aliphatic rings. The molecule has 3 rings (SSSR count). The predicted molar refractivity (Wildman–Crippen MR) is 109 cm³/mol. The molecule has 0 aliphatic heterocycles. The Morgan fingerprint density at radius 1 is 1.15 bits per heavy atom. The quantitative estimate of drug-likeness (QED) is 0.635. The van der Waals surface area contributed by atoms with Crippen molar-refractivity contribution in [1.29, 1.82) is 0 Å². The first-order valence-electron chi connectivity index (χ1n) is 8.72. The third-order valence-electron chi connectivity index (χ3n) is 4.25. The van der Waals surface area contributed by atoms with E-state index >= 15 is 0 Å². The minimum Gasteiger partial charge on any atom is -0.507 e. The molecule has 4 nitrogen and oxygen atoms in total. The highest BCUT2D eigenvalue weighted by Crippen LogP contribution is 2.35. The first-order valence-corrected chi connectivity index (χ1v) is 8.72. The van der Waals surface area contributed by atoms with Crippen molar-refractivity contribution in [1.82, 2.24) is 0 Å². The maximum atomic E-state index is 12.6. The molecule has 27 heavy (non-hydrogen) atoms. The van der Waals surface area contributed by atoms with Gasteiger partial charge in [-0.3, -0.25) is 4.79 Å². The maximum absolute atomic E-state index is 12.6. The van der Waals surface area contributed by atoms with Gasteiger partial charge < -0.3 is 14.3 Å². The number of rotatable bonds is 5. The lowest BCUT2D eigenvalue weighted by molar-refractivity contribution is 0.401. The normalized spacial score (nSPS) is 11.1. The van der Waals surface area contributed by atoms with Crippen molar-refractivity contribution >= 4 is 23.1 Å². The number of phenols is 1. The summed E-state index contributed by atoms with van der Waals surface area (Å²) in [7, 11) is 1.53.